The quantitative estimate of drug-likeness (QED) is 0.722. The number of hydrogen-bond donors (Lipinski definition) is 1. The summed E-state index contributed by atoms with van der Waals surface area (Å²) in [7, 11) is 1.96. The van der Waals surface area contributed by atoms with Crippen LogP contribution in [0.15, 0.2) is 24.3 Å². The maximum atomic E-state index is 15.0. The Kier molecular flexibility index (Phi) is 4.59. The Morgan fingerprint density at radius 3 is 2.48 bits per heavy atom. The fourth-order valence-corrected chi connectivity index (χ4v) is 8.91. The van der Waals surface area contributed by atoms with Gasteiger partial charge in [-0.15, -0.1) is 0 Å². The Morgan fingerprint density at radius 2 is 1.77 bits per heavy atom. The number of likely N-dealkylation sites (tertiary alicyclic amines) is 1. The number of aliphatic carboxylic acids is 1. The minimum absolute atomic E-state index is 0.0966. The van der Waals surface area contributed by atoms with Gasteiger partial charge >= 0.3 is 5.97 Å². The summed E-state index contributed by atoms with van der Waals surface area (Å²) in [5.74, 6) is 0.232. The normalized spacial score (nSPS) is 44.4. The van der Waals surface area contributed by atoms with Gasteiger partial charge < -0.3 is 10.0 Å². The molecule has 5 rings (SSSR count). The molecule has 0 spiro atoms. The summed E-state index contributed by atoms with van der Waals surface area (Å²) < 4.78 is 15.0. The van der Waals surface area contributed by atoms with Crippen LogP contribution in [0.4, 0.5) is 4.39 Å². The Labute approximate surface area is 184 Å². The van der Waals surface area contributed by atoms with Crippen molar-refractivity contribution in [2.45, 2.75) is 76.7 Å². The van der Waals surface area contributed by atoms with E-state index in [9.17, 15) is 19.1 Å². The van der Waals surface area contributed by atoms with E-state index in [0.29, 0.717) is 30.2 Å². The number of piperidine rings is 1. The van der Waals surface area contributed by atoms with E-state index < -0.39 is 22.6 Å². The zero-order valence-electron chi connectivity index (χ0n) is 18.9. The molecule has 0 aromatic heterocycles. The van der Waals surface area contributed by atoms with Crippen molar-refractivity contribution >= 4 is 11.9 Å². The van der Waals surface area contributed by atoms with Crippen molar-refractivity contribution in [2.24, 2.45) is 28.6 Å². The van der Waals surface area contributed by atoms with Crippen molar-refractivity contribution in [3.05, 3.63) is 35.6 Å². The molecular weight excluding hydrogens is 393 g/mol. The first kappa shape index (κ1) is 21.0. The molecule has 0 radical (unpaired) electrons. The van der Waals surface area contributed by atoms with Crippen LogP contribution in [0, 0.1) is 34.4 Å². The van der Waals surface area contributed by atoms with E-state index in [-0.39, 0.29) is 23.3 Å². The lowest BCUT2D eigenvalue weighted by atomic mass is 9.44. The number of fused-ring (bicyclic) bond motifs is 5. The number of carbonyl (C=O) groups excluding carboxylic acids is 1. The van der Waals surface area contributed by atoms with Gasteiger partial charge in [-0.1, -0.05) is 32.0 Å². The topological polar surface area (TPSA) is 57.6 Å². The van der Waals surface area contributed by atoms with Crippen LogP contribution in [0.25, 0.3) is 0 Å². The van der Waals surface area contributed by atoms with Crippen molar-refractivity contribution in [3.8, 4) is 0 Å². The Hall–Kier alpha value is -1.91. The lowest BCUT2D eigenvalue weighted by Gasteiger charge is -2.62. The van der Waals surface area contributed by atoms with Crippen LogP contribution in [0.1, 0.15) is 70.8 Å². The highest BCUT2D eigenvalue weighted by Gasteiger charge is 2.68. The molecule has 1 aromatic carbocycles. The van der Waals surface area contributed by atoms with Gasteiger partial charge in [0.2, 0.25) is 5.91 Å². The Morgan fingerprint density at radius 1 is 1.06 bits per heavy atom. The van der Waals surface area contributed by atoms with Crippen molar-refractivity contribution in [1.82, 2.24) is 4.90 Å². The third kappa shape index (κ3) is 2.52. The van der Waals surface area contributed by atoms with Crippen molar-refractivity contribution < 1.29 is 19.1 Å². The molecule has 1 aromatic rings. The number of carboxylic acids is 1. The summed E-state index contributed by atoms with van der Waals surface area (Å²) in [6.45, 7) is 4.50. The highest BCUT2D eigenvalue weighted by atomic mass is 19.1. The molecule has 1 amide bonds. The third-order valence-corrected chi connectivity index (χ3v) is 10.5. The number of nitrogens with zero attached hydrogens (tertiary/aromatic N) is 1. The Balaban J connectivity index is 1.55. The van der Waals surface area contributed by atoms with Gasteiger partial charge in [0.25, 0.3) is 0 Å². The largest absolute Gasteiger partial charge is 0.481 e. The first-order valence-corrected chi connectivity index (χ1v) is 11.9. The number of hydrogen-bond acceptors (Lipinski definition) is 2. The number of carboxylic acid groups (broad SMARTS) is 1. The van der Waals surface area contributed by atoms with Crippen molar-refractivity contribution in [1.29, 1.82) is 0 Å². The monoisotopic (exact) mass is 427 g/mol. The molecule has 5 heteroatoms. The molecule has 1 saturated heterocycles. The van der Waals surface area contributed by atoms with E-state index in [1.807, 2.05) is 11.9 Å². The summed E-state index contributed by atoms with van der Waals surface area (Å²) in [6.07, 6.45) is 6.70. The number of halogens is 1. The van der Waals surface area contributed by atoms with E-state index in [2.05, 4.69) is 13.8 Å². The molecule has 4 aliphatic rings. The molecule has 31 heavy (non-hydrogen) atoms. The van der Waals surface area contributed by atoms with Gasteiger partial charge in [0.1, 0.15) is 11.2 Å². The number of carbonyl (C=O) groups is 2. The lowest BCUT2D eigenvalue weighted by molar-refractivity contribution is -0.165. The van der Waals surface area contributed by atoms with Crippen LogP contribution in [-0.4, -0.2) is 35.0 Å². The maximum Gasteiger partial charge on any atom is 0.314 e. The van der Waals surface area contributed by atoms with E-state index in [0.717, 1.165) is 38.5 Å². The summed E-state index contributed by atoms with van der Waals surface area (Å²) in [5.41, 5.74) is -1.15. The SMILES string of the molecule is CN1C(=O)CC[C@@]2(C)C1CC[C@@H]1[C@H]2CC[C@@]2(C)[C@H]1CCC2(C(=O)O)c1ccccc1F. The zero-order chi connectivity index (χ0) is 22.2. The maximum absolute atomic E-state index is 15.0. The summed E-state index contributed by atoms with van der Waals surface area (Å²) >= 11 is 0. The minimum Gasteiger partial charge on any atom is -0.481 e. The Bertz CT molecular complexity index is 933. The molecule has 4 fully saturated rings. The number of rotatable bonds is 2. The average Bonchev–Trinajstić information content (AvgIpc) is 3.05. The first-order valence-electron chi connectivity index (χ1n) is 11.9. The molecule has 168 valence electrons. The molecule has 7 atom stereocenters. The highest BCUT2D eigenvalue weighted by molar-refractivity contribution is 5.83. The van der Waals surface area contributed by atoms with Gasteiger partial charge in [-0.25, -0.2) is 4.39 Å². The molecule has 0 bridgehead atoms. The fraction of sp³-hybridized carbons (Fsp3) is 0.692. The predicted molar refractivity (Wildman–Crippen MR) is 116 cm³/mol. The number of benzene rings is 1. The second-order valence-electron chi connectivity index (χ2n) is 11.2. The molecule has 2 unspecified atom stereocenters. The van der Waals surface area contributed by atoms with Crippen LogP contribution in [0.3, 0.4) is 0 Å². The van der Waals surface area contributed by atoms with E-state index in [1.165, 1.54) is 6.07 Å². The smallest absolute Gasteiger partial charge is 0.314 e. The van der Waals surface area contributed by atoms with Crippen LogP contribution >= 0.6 is 0 Å². The van der Waals surface area contributed by atoms with E-state index in [1.54, 1.807) is 18.2 Å². The highest BCUT2D eigenvalue weighted by Crippen LogP contribution is 2.70. The van der Waals surface area contributed by atoms with E-state index in [4.69, 9.17) is 0 Å². The third-order valence-electron chi connectivity index (χ3n) is 10.5. The number of amides is 1. The lowest BCUT2D eigenvalue weighted by Crippen LogP contribution is -2.62. The summed E-state index contributed by atoms with van der Waals surface area (Å²) in [6, 6.07) is 6.80. The zero-order valence-corrected chi connectivity index (χ0v) is 18.9. The second-order valence-corrected chi connectivity index (χ2v) is 11.2. The van der Waals surface area contributed by atoms with Gasteiger partial charge in [0.05, 0.1) is 0 Å². The minimum atomic E-state index is -1.16. The van der Waals surface area contributed by atoms with Gasteiger partial charge in [-0.2, -0.15) is 0 Å². The summed E-state index contributed by atoms with van der Waals surface area (Å²) in [4.78, 5) is 27.2. The van der Waals surface area contributed by atoms with Gasteiger partial charge in [0.15, 0.2) is 0 Å². The first-order chi connectivity index (χ1) is 14.7. The average molecular weight is 428 g/mol. The van der Waals surface area contributed by atoms with Crippen molar-refractivity contribution in [2.75, 3.05) is 7.05 Å². The fourth-order valence-electron chi connectivity index (χ4n) is 8.91. The second kappa shape index (κ2) is 6.79. The molecule has 1 aliphatic heterocycles. The predicted octanol–water partition coefficient (Wildman–Crippen LogP) is 5.01. The van der Waals surface area contributed by atoms with Crippen LogP contribution in [0.2, 0.25) is 0 Å². The van der Waals surface area contributed by atoms with E-state index >= 15 is 0 Å². The van der Waals surface area contributed by atoms with Gasteiger partial charge in [-0.3, -0.25) is 9.59 Å². The van der Waals surface area contributed by atoms with Crippen LogP contribution in [-0.2, 0) is 15.0 Å². The van der Waals surface area contributed by atoms with Crippen LogP contribution < -0.4 is 0 Å². The molecule has 1 heterocycles. The van der Waals surface area contributed by atoms with Crippen molar-refractivity contribution in [3.63, 3.8) is 0 Å². The van der Waals surface area contributed by atoms with Gasteiger partial charge in [-0.05, 0) is 79.6 Å². The standard InChI is InChI=1S/C26H34FNO3/c1-24-13-12-22(29)28(3)21(24)9-8-16-17(24)10-14-25(2)18(16)11-15-26(25,23(30)31)19-6-4-5-7-20(19)27/h4-7,16-18,21H,8-15H2,1-3H3,(H,30,31)/t16-,17-,18+,21?,24-,25+,26?/m1/s1. The molecular formula is C26H34FNO3. The van der Waals surface area contributed by atoms with Gasteiger partial charge in [0, 0.05) is 25.1 Å². The molecule has 3 saturated carbocycles. The molecule has 1 N–H and O–H groups in total. The summed E-state index contributed by atoms with van der Waals surface area (Å²) in [5, 5.41) is 10.5. The molecule has 3 aliphatic carbocycles. The van der Waals surface area contributed by atoms with Crippen LogP contribution in [0.5, 0.6) is 0 Å². The molecule has 4 nitrogen and oxygen atoms in total.